The third-order valence-electron chi connectivity index (χ3n) is 3.11. The quantitative estimate of drug-likeness (QED) is 0.931. The minimum atomic E-state index is -0.299. The lowest BCUT2D eigenvalue weighted by atomic mass is 10.1. The average Bonchev–Trinajstić information content (AvgIpc) is 2.41. The summed E-state index contributed by atoms with van der Waals surface area (Å²) in [6.07, 6.45) is 1.60. The Hall–Kier alpha value is -2.17. The monoisotopic (exact) mass is 275 g/mol. The molecular formula is C15H18FN3O. The van der Waals surface area contributed by atoms with Crippen LogP contribution in [0, 0.1) is 5.82 Å². The fourth-order valence-corrected chi connectivity index (χ4v) is 1.96. The normalized spacial score (nSPS) is 10.8. The Morgan fingerprint density at radius 3 is 2.50 bits per heavy atom. The number of hydrogen-bond donors (Lipinski definition) is 1. The number of aromatic nitrogens is 2. The van der Waals surface area contributed by atoms with Crippen LogP contribution in [0.5, 0.6) is 0 Å². The van der Waals surface area contributed by atoms with Gasteiger partial charge in [-0.05, 0) is 37.1 Å². The molecule has 0 unspecified atom stereocenters. The van der Waals surface area contributed by atoms with Gasteiger partial charge in [0, 0.05) is 24.0 Å². The van der Waals surface area contributed by atoms with Crippen molar-refractivity contribution in [2.24, 2.45) is 0 Å². The van der Waals surface area contributed by atoms with Crippen molar-refractivity contribution >= 4 is 11.6 Å². The molecule has 0 saturated heterocycles. The second-order valence-electron chi connectivity index (χ2n) is 4.87. The largest absolute Gasteiger partial charge is 0.326 e. The van der Waals surface area contributed by atoms with Crippen molar-refractivity contribution in [2.75, 3.05) is 5.32 Å². The molecule has 1 aromatic heterocycles. The smallest absolute Gasteiger partial charge is 0.258 e. The molecule has 1 aromatic carbocycles. The Bertz CT molecular complexity index is 647. The van der Waals surface area contributed by atoms with Gasteiger partial charge in [-0.25, -0.2) is 9.37 Å². The molecule has 5 heteroatoms. The van der Waals surface area contributed by atoms with Crippen molar-refractivity contribution in [3.8, 4) is 0 Å². The number of halogens is 1. The van der Waals surface area contributed by atoms with Gasteiger partial charge in [0.25, 0.3) is 5.56 Å². The van der Waals surface area contributed by atoms with Crippen LogP contribution in [0.15, 0.2) is 35.3 Å². The molecule has 0 aliphatic heterocycles. The van der Waals surface area contributed by atoms with Gasteiger partial charge in [0.1, 0.15) is 5.82 Å². The van der Waals surface area contributed by atoms with Crippen LogP contribution in [0.3, 0.4) is 0 Å². The predicted octanol–water partition coefficient (Wildman–Crippen LogP) is 3.27. The van der Waals surface area contributed by atoms with E-state index in [9.17, 15) is 9.18 Å². The number of benzene rings is 1. The van der Waals surface area contributed by atoms with Crippen molar-refractivity contribution in [1.82, 2.24) is 9.55 Å². The summed E-state index contributed by atoms with van der Waals surface area (Å²) in [6, 6.07) is 5.94. The zero-order valence-corrected chi connectivity index (χ0v) is 11.9. The van der Waals surface area contributed by atoms with Gasteiger partial charge in [-0.3, -0.25) is 9.36 Å². The first kappa shape index (κ1) is 14.2. The van der Waals surface area contributed by atoms with E-state index in [2.05, 4.69) is 10.3 Å². The molecule has 1 heterocycles. The summed E-state index contributed by atoms with van der Waals surface area (Å²) in [5, 5.41) is 3.04. The Morgan fingerprint density at radius 2 is 1.95 bits per heavy atom. The molecule has 2 rings (SSSR count). The van der Waals surface area contributed by atoms with E-state index in [4.69, 9.17) is 0 Å². The van der Waals surface area contributed by atoms with Crippen LogP contribution < -0.4 is 10.9 Å². The molecule has 0 amide bonds. The van der Waals surface area contributed by atoms with Gasteiger partial charge in [0.15, 0.2) is 0 Å². The molecule has 0 radical (unpaired) electrons. The average molecular weight is 275 g/mol. The first-order valence-corrected chi connectivity index (χ1v) is 6.65. The Balaban J connectivity index is 2.39. The highest BCUT2D eigenvalue weighted by Gasteiger charge is 2.11. The lowest BCUT2D eigenvalue weighted by Gasteiger charge is -2.14. The van der Waals surface area contributed by atoms with Crippen molar-refractivity contribution in [2.45, 2.75) is 33.2 Å². The number of anilines is 2. The SMILES string of the molecule is CCn1c(Nc2ccc(F)cc2)ncc(C(C)C)c1=O. The molecule has 20 heavy (non-hydrogen) atoms. The molecule has 0 saturated carbocycles. The van der Waals surface area contributed by atoms with Crippen LogP contribution in [0.4, 0.5) is 16.0 Å². The van der Waals surface area contributed by atoms with Crippen LogP contribution in [-0.2, 0) is 6.54 Å². The zero-order valence-electron chi connectivity index (χ0n) is 11.9. The molecule has 0 atom stereocenters. The summed E-state index contributed by atoms with van der Waals surface area (Å²) >= 11 is 0. The van der Waals surface area contributed by atoms with Crippen LogP contribution in [0.1, 0.15) is 32.3 Å². The number of rotatable bonds is 4. The molecule has 0 fully saturated rings. The molecule has 0 aliphatic carbocycles. The van der Waals surface area contributed by atoms with Crippen LogP contribution in [-0.4, -0.2) is 9.55 Å². The third kappa shape index (κ3) is 2.87. The third-order valence-corrected chi connectivity index (χ3v) is 3.11. The number of nitrogens with zero attached hydrogens (tertiary/aromatic N) is 2. The molecule has 0 spiro atoms. The highest BCUT2D eigenvalue weighted by Crippen LogP contribution is 2.16. The van der Waals surface area contributed by atoms with Crippen LogP contribution >= 0.6 is 0 Å². The molecule has 0 aliphatic rings. The maximum Gasteiger partial charge on any atom is 0.258 e. The minimum absolute atomic E-state index is 0.0397. The van der Waals surface area contributed by atoms with E-state index in [1.165, 1.54) is 12.1 Å². The second kappa shape index (κ2) is 5.86. The van der Waals surface area contributed by atoms with Gasteiger partial charge >= 0.3 is 0 Å². The zero-order chi connectivity index (χ0) is 14.7. The molecule has 4 nitrogen and oxygen atoms in total. The van der Waals surface area contributed by atoms with Crippen molar-refractivity contribution < 1.29 is 4.39 Å². The van der Waals surface area contributed by atoms with Crippen molar-refractivity contribution in [3.63, 3.8) is 0 Å². The topological polar surface area (TPSA) is 46.9 Å². The second-order valence-corrected chi connectivity index (χ2v) is 4.87. The standard InChI is InChI=1S/C15H18FN3O/c1-4-19-14(20)13(10(2)3)9-17-15(19)18-12-7-5-11(16)6-8-12/h5-10H,4H2,1-3H3,(H,17,18). The lowest BCUT2D eigenvalue weighted by molar-refractivity contribution is 0.628. The number of hydrogen-bond acceptors (Lipinski definition) is 3. The van der Waals surface area contributed by atoms with Crippen molar-refractivity contribution in [1.29, 1.82) is 0 Å². The molecular weight excluding hydrogens is 257 g/mol. The van der Waals surface area contributed by atoms with Gasteiger partial charge in [-0.1, -0.05) is 13.8 Å². The first-order valence-electron chi connectivity index (χ1n) is 6.65. The molecule has 0 bridgehead atoms. The molecule has 2 aromatic rings. The summed E-state index contributed by atoms with van der Waals surface area (Å²) < 4.78 is 14.5. The minimum Gasteiger partial charge on any atom is -0.326 e. The Morgan fingerprint density at radius 1 is 1.30 bits per heavy atom. The fraction of sp³-hybridized carbons (Fsp3) is 0.333. The van der Waals surface area contributed by atoms with Gasteiger partial charge in [0.05, 0.1) is 0 Å². The van der Waals surface area contributed by atoms with E-state index in [0.29, 0.717) is 23.7 Å². The summed E-state index contributed by atoms with van der Waals surface area (Å²) in [4.78, 5) is 16.6. The summed E-state index contributed by atoms with van der Waals surface area (Å²) in [7, 11) is 0. The Labute approximate surface area is 117 Å². The van der Waals surface area contributed by atoms with E-state index in [-0.39, 0.29) is 17.3 Å². The molecule has 1 N–H and O–H groups in total. The summed E-state index contributed by atoms with van der Waals surface area (Å²) in [6.45, 7) is 6.34. The summed E-state index contributed by atoms with van der Waals surface area (Å²) in [5.74, 6) is 0.299. The highest BCUT2D eigenvalue weighted by atomic mass is 19.1. The van der Waals surface area contributed by atoms with Gasteiger partial charge < -0.3 is 5.32 Å². The predicted molar refractivity (Wildman–Crippen MR) is 77.9 cm³/mol. The first-order chi connectivity index (χ1) is 9.52. The van der Waals surface area contributed by atoms with E-state index in [1.54, 1.807) is 22.9 Å². The number of nitrogens with one attached hydrogen (secondary N) is 1. The summed E-state index contributed by atoms with van der Waals surface area (Å²) in [5.41, 5.74) is 1.34. The maximum absolute atomic E-state index is 12.9. The fourth-order valence-electron chi connectivity index (χ4n) is 1.96. The van der Waals surface area contributed by atoms with Crippen molar-refractivity contribution in [3.05, 3.63) is 52.2 Å². The van der Waals surface area contributed by atoms with Gasteiger partial charge in [0.2, 0.25) is 5.95 Å². The highest BCUT2D eigenvalue weighted by molar-refractivity contribution is 5.53. The lowest BCUT2D eigenvalue weighted by Crippen LogP contribution is -2.26. The van der Waals surface area contributed by atoms with E-state index >= 15 is 0 Å². The Kier molecular flexibility index (Phi) is 4.17. The molecule has 106 valence electrons. The van der Waals surface area contributed by atoms with Gasteiger partial charge in [-0.15, -0.1) is 0 Å². The van der Waals surface area contributed by atoms with E-state index in [0.717, 1.165) is 0 Å². The van der Waals surface area contributed by atoms with E-state index in [1.807, 2.05) is 20.8 Å². The van der Waals surface area contributed by atoms with Gasteiger partial charge in [-0.2, -0.15) is 0 Å². The van der Waals surface area contributed by atoms with Crippen LogP contribution in [0.2, 0.25) is 0 Å². The van der Waals surface area contributed by atoms with Crippen LogP contribution in [0.25, 0.3) is 0 Å². The van der Waals surface area contributed by atoms with E-state index < -0.39 is 0 Å². The maximum atomic E-state index is 12.9.